The van der Waals surface area contributed by atoms with Crippen molar-refractivity contribution in [2.24, 2.45) is 16.7 Å². The van der Waals surface area contributed by atoms with E-state index in [2.05, 4.69) is 36.3 Å². The first-order valence-corrected chi connectivity index (χ1v) is 7.96. The highest BCUT2D eigenvalue weighted by atomic mass is 79.9. The number of amides is 1. The Balaban J connectivity index is 2.16. The number of halogens is 2. The van der Waals surface area contributed by atoms with Crippen molar-refractivity contribution in [3.63, 3.8) is 0 Å². The van der Waals surface area contributed by atoms with Crippen LogP contribution in [0.4, 0.5) is 4.39 Å². The topological polar surface area (TPSA) is 123 Å². The fourth-order valence-electron chi connectivity index (χ4n) is 1.96. The Morgan fingerprint density at radius 2 is 2.04 bits per heavy atom. The maximum absolute atomic E-state index is 13.2. The van der Waals surface area contributed by atoms with Gasteiger partial charge in [0, 0.05) is 13.6 Å². The number of carbonyl (C=O) groups is 1. The van der Waals surface area contributed by atoms with Crippen LogP contribution in [0.25, 0.3) is 0 Å². The Kier molecular flexibility index (Phi) is 5.99. The molecule has 1 amide bonds. The van der Waals surface area contributed by atoms with E-state index in [0.717, 1.165) is 10.7 Å². The minimum Gasteiger partial charge on any atom is -0.380 e. The summed E-state index contributed by atoms with van der Waals surface area (Å²) < 4.78 is 13.6. The Morgan fingerprint density at radius 3 is 2.68 bits per heavy atom. The third kappa shape index (κ3) is 5.19. The first kappa shape index (κ1) is 18.7. The Morgan fingerprint density at radius 1 is 1.36 bits per heavy atom. The van der Waals surface area contributed by atoms with Crippen molar-refractivity contribution in [2.75, 3.05) is 7.05 Å². The minimum atomic E-state index is -0.416. The van der Waals surface area contributed by atoms with Crippen molar-refractivity contribution in [3.05, 3.63) is 57.3 Å². The second-order valence-corrected chi connectivity index (χ2v) is 6.03. The largest absolute Gasteiger partial charge is 0.380 e. The average molecular weight is 410 g/mol. The van der Waals surface area contributed by atoms with E-state index in [1.807, 2.05) is 0 Å². The van der Waals surface area contributed by atoms with Crippen LogP contribution in [-0.2, 0) is 6.54 Å². The van der Waals surface area contributed by atoms with Gasteiger partial charge in [-0.25, -0.2) is 25.3 Å². The molecule has 1 heterocycles. The van der Waals surface area contributed by atoms with E-state index in [1.165, 1.54) is 19.2 Å². The Hall–Kier alpha value is -2.59. The van der Waals surface area contributed by atoms with Crippen molar-refractivity contribution >= 4 is 27.7 Å². The molecule has 0 saturated heterocycles. The van der Waals surface area contributed by atoms with Gasteiger partial charge in [-0.15, -0.1) is 5.10 Å². The minimum absolute atomic E-state index is 0.0621. The lowest BCUT2D eigenvalue weighted by atomic mass is 10.2. The van der Waals surface area contributed by atoms with E-state index in [1.54, 1.807) is 19.1 Å². The molecule has 10 heteroatoms. The van der Waals surface area contributed by atoms with Gasteiger partial charge in [-0.2, -0.15) is 0 Å². The lowest BCUT2D eigenvalue weighted by molar-refractivity contribution is 0.0945. The zero-order valence-corrected chi connectivity index (χ0v) is 15.2. The van der Waals surface area contributed by atoms with Gasteiger partial charge in [0.15, 0.2) is 5.84 Å². The molecule has 0 atom stereocenters. The van der Waals surface area contributed by atoms with Crippen LogP contribution in [0.15, 0.2) is 33.8 Å². The molecule has 2 aromatic rings. The molecular formula is C15H17BrFN7O. The molecule has 0 aliphatic heterocycles. The molecule has 0 aliphatic rings. The van der Waals surface area contributed by atoms with Gasteiger partial charge in [0.05, 0.1) is 4.47 Å². The standard InChI is InChI=1S/C15H17BrFN7O/c1-8-21-12(14(18)23-24(2)19)6-13(22-8)15(25)20-7-9-3-4-11(17)10(16)5-9/h3-6H,7,19H2,1-2H3,(H2,18,23)(H,20,25). The Bertz CT molecular complexity index is 826. The first-order valence-electron chi connectivity index (χ1n) is 7.17. The van der Waals surface area contributed by atoms with Gasteiger partial charge in [0.1, 0.15) is 23.0 Å². The third-order valence-corrected chi connectivity index (χ3v) is 3.64. The second kappa shape index (κ2) is 7.99. The number of nitrogens with two attached hydrogens (primary N) is 2. The van der Waals surface area contributed by atoms with Gasteiger partial charge in [-0.1, -0.05) is 6.07 Å². The zero-order valence-electron chi connectivity index (χ0n) is 13.6. The molecule has 0 bridgehead atoms. The first-order chi connectivity index (χ1) is 11.8. The van der Waals surface area contributed by atoms with Crippen LogP contribution in [0.2, 0.25) is 0 Å². The fraction of sp³-hybridized carbons (Fsp3) is 0.200. The molecule has 0 radical (unpaired) electrons. The summed E-state index contributed by atoms with van der Waals surface area (Å²) in [6.45, 7) is 1.85. The summed E-state index contributed by atoms with van der Waals surface area (Å²) in [7, 11) is 1.51. The molecule has 1 aromatic carbocycles. The summed E-state index contributed by atoms with van der Waals surface area (Å²) >= 11 is 3.10. The van der Waals surface area contributed by atoms with Gasteiger partial charge >= 0.3 is 0 Å². The summed E-state index contributed by atoms with van der Waals surface area (Å²) in [5.74, 6) is 5.06. The van der Waals surface area contributed by atoms with Gasteiger partial charge in [0.2, 0.25) is 0 Å². The van der Waals surface area contributed by atoms with Crippen LogP contribution in [0.5, 0.6) is 0 Å². The van der Waals surface area contributed by atoms with E-state index in [0.29, 0.717) is 16.0 Å². The predicted octanol–water partition coefficient (Wildman–Crippen LogP) is 1.04. The van der Waals surface area contributed by atoms with Crippen molar-refractivity contribution in [1.29, 1.82) is 0 Å². The Labute approximate surface area is 152 Å². The van der Waals surface area contributed by atoms with Crippen LogP contribution in [-0.4, -0.2) is 33.9 Å². The number of aryl methyl sites for hydroxylation is 1. The molecule has 0 unspecified atom stereocenters. The van der Waals surface area contributed by atoms with E-state index in [4.69, 9.17) is 11.6 Å². The second-order valence-electron chi connectivity index (χ2n) is 5.18. The molecule has 0 fully saturated rings. The maximum Gasteiger partial charge on any atom is 0.270 e. The number of benzene rings is 1. The number of nitrogens with one attached hydrogen (secondary N) is 1. The quantitative estimate of drug-likeness (QED) is 0.293. The number of rotatable bonds is 5. The average Bonchev–Trinajstić information content (AvgIpc) is 2.54. The van der Waals surface area contributed by atoms with Gasteiger partial charge < -0.3 is 11.1 Å². The van der Waals surface area contributed by atoms with Gasteiger partial charge in [-0.05, 0) is 46.6 Å². The lowest BCUT2D eigenvalue weighted by Gasteiger charge is -2.09. The predicted molar refractivity (Wildman–Crippen MR) is 94.7 cm³/mol. The molecule has 8 nitrogen and oxygen atoms in total. The fourth-order valence-corrected chi connectivity index (χ4v) is 2.39. The van der Waals surface area contributed by atoms with E-state index in [9.17, 15) is 9.18 Å². The molecule has 132 valence electrons. The monoisotopic (exact) mass is 409 g/mol. The van der Waals surface area contributed by atoms with Crippen LogP contribution in [0.1, 0.15) is 27.6 Å². The number of carbonyl (C=O) groups excluding carboxylic acids is 1. The molecule has 0 spiro atoms. The van der Waals surface area contributed by atoms with Crippen molar-refractivity contribution < 1.29 is 9.18 Å². The van der Waals surface area contributed by atoms with Crippen LogP contribution in [0.3, 0.4) is 0 Å². The smallest absolute Gasteiger partial charge is 0.270 e. The highest BCUT2D eigenvalue weighted by Gasteiger charge is 2.13. The number of hydrogen-bond donors (Lipinski definition) is 3. The summed E-state index contributed by atoms with van der Waals surface area (Å²) in [6, 6.07) is 5.91. The normalized spacial score (nSPS) is 11.3. The number of amidine groups is 1. The molecule has 0 saturated carbocycles. The lowest BCUT2D eigenvalue weighted by Crippen LogP contribution is -2.28. The highest BCUT2D eigenvalue weighted by molar-refractivity contribution is 9.10. The molecular weight excluding hydrogens is 393 g/mol. The third-order valence-electron chi connectivity index (χ3n) is 3.04. The highest BCUT2D eigenvalue weighted by Crippen LogP contribution is 2.16. The van der Waals surface area contributed by atoms with Crippen LogP contribution >= 0.6 is 15.9 Å². The summed E-state index contributed by atoms with van der Waals surface area (Å²) in [5, 5.41) is 7.59. The molecule has 2 rings (SSSR count). The van der Waals surface area contributed by atoms with Gasteiger partial charge in [-0.3, -0.25) is 4.79 Å². The van der Waals surface area contributed by atoms with E-state index >= 15 is 0 Å². The summed E-state index contributed by atoms with van der Waals surface area (Å²) in [5.41, 5.74) is 6.96. The number of hydrogen-bond acceptors (Lipinski definition) is 6. The summed E-state index contributed by atoms with van der Waals surface area (Å²) in [4.78, 5) is 20.5. The number of aromatic nitrogens is 2. The molecule has 0 aliphatic carbocycles. The number of hydrazine groups is 1. The number of nitrogens with zero attached hydrogens (tertiary/aromatic N) is 4. The summed E-state index contributed by atoms with van der Waals surface area (Å²) in [6.07, 6.45) is 0. The van der Waals surface area contributed by atoms with Crippen molar-refractivity contribution in [2.45, 2.75) is 13.5 Å². The van der Waals surface area contributed by atoms with Crippen molar-refractivity contribution in [3.8, 4) is 0 Å². The zero-order chi connectivity index (χ0) is 18.6. The van der Waals surface area contributed by atoms with Crippen molar-refractivity contribution in [1.82, 2.24) is 20.4 Å². The SMILES string of the molecule is Cc1nc(C(=O)NCc2ccc(F)c(Br)c2)cc(/C(N)=N/N(C)N)n1. The van der Waals surface area contributed by atoms with E-state index in [-0.39, 0.29) is 23.9 Å². The van der Waals surface area contributed by atoms with Crippen LogP contribution < -0.4 is 16.9 Å². The molecule has 5 N–H and O–H groups in total. The van der Waals surface area contributed by atoms with Crippen LogP contribution in [0, 0.1) is 12.7 Å². The maximum atomic E-state index is 13.2. The van der Waals surface area contributed by atoms with E-state index < -0.39 is 5.91 Å². The molecule has 25 heavy (non-hydrogen) atoms. The van der Waals surface area contributed by atoms with Gasteiger partial charge in [0.25, 0.3) is 5.91 Å². The molecule has 1 aromatic heterocycles. The number of hydrazone groups is 1.